The Morgan fingerprint density at radius 1 is 1.15 bits per heavy atom. The normalized spacial score (nSPS) is 19.1. The van der Waals surface area contributed by atoms with Crippen LogP contribution in [0.4, 0.5) is 5.69 Å². The van der Waals surface area contributed by atoms with Crippen molar-refractivity contribution in [1.82, 2.24) is 4.90 Å². The Hall–Kier alpha value is -2.38. The number of nitrogens with zero attached hydrogens (tertiary/aromatic N) is 2. The second kappa shape index (κ2) is 10.3. The van der Waals surface area contributed by atoms with E-state index < -0.39 is 21.5 Å². The van der Waals surface area contributed by atoms with Crippen molar-refractivity contribution in [3.63, 3.8) is 0 Å². The first kappa shape index (κ1) is 23.8. The molecule has 1 heterocycles. The van der Waals surface area contributed by atoms with E-state index in [0.717, 1.165) is 31.7 Å². The number of aryl methyl sites for hydroxylation is 1. The summed E-state index contributed by atoms with van der Waals surface area (Å²) in [5.41, 5.74) is 8.27. The monoisotopic (exact) mass is 469 g/mol. The van der Waals surface area contributed by atoms with Gasteiger partial charge in [0.25, 0.3) is 0 Å². The number of primary amides is 1. The van der Waals surface area contributed by atoms with Gasteiger partial charge in [-0.25, -0.2) is 0 Å². The summed E-state index contributed by atoms with van der Waals surface area (Å²) in [7, 11) is 2.61. The van der Waals surface area contributed by atoms with Gasteiger partial charge in [0.1, 0.15) is 10.5 Å². The lowest BCUT2D eigenvalue weighted by Gasteiger charge is -2.39. The number of nitrogens with two attached hydrogens (primary N) is 1. The number of ether oxygens (including phenoxy) is 1. The quantitative estimate of drug-likeness (QED) is 0.540. The van der Waals surface area contributed by atoms with Gasteiger partial charge < -0.3 is 20.3 Å². The van der Waals surface area contributed by atoms with Crippen molar-refractivity contribution in [1.29, 1.82) is 0 Å². The topological polar surface area (TPSA) is 75.9 Å². The third-order valence-electron chi connectivity index (χ3n) is 6.82. The van der Waals surface area contributed by atoms with Crippen LogP contribution >= 0.6 is 0 Å². The Kier molecular flexibility index (Phi) is 7.39. The molecule has 1 saturated heterocycles. The molecule has 2 N–H and O–H groups in total. The summed E-state index contributed by atoms with van der Waals surface area (Å²) in [4.78, 5) is 17.5. The zero-order valence-corrected chi connectivity index (χ0v) is 20.5. The van der Waals surface area contributed by atoms with Crippen molar-refractivity contribution in [2.45, 2.75) is 54.2 Å². The standard InChI is InChI=1S/C26H35N3O3S/c1-28(2)22-7-3-5-20(19-22)6-4-18-32-23-10-12-24(13-11-23)33(31)26(25(27)30)14-16-29(17-15-26)21-8-9-21/h3,5,7,10-13,19,21H,4,6,8-9,14-18H2,1-2H3,(H2,27,30). The smallest absolute Gasteiger partial charge is 0.236 e. The van der Waals surface area contributed by atoms with Crippen molar-refractivity contribution >= 4 is 22.4 Å². The summed E-state index contributed by atoms with van der Waals surface area (Å²) in [6.45, 7) is 2.19. The average Bonchev–Trinajstić information content (AvgIpc) is 3.67. The van der Waals surface area contributed by atoms with Crippen LogP contribution in [0, 0.1) is 0 Å². The Morgan fingerprint density at radius 2 is 1.85 bits per heavy atom. The van der Waals surface area contributed by atoms with E-state index >= 15 is 0 Å². The van der Waals surface area contributed by atoms with E-state index in [1.165, 1.54) is 24.1 Å². The number of carbonyl (C=O) groups is 1. The molecule has 2 aromatic carbocycles. The predicted octanol–water partition coefficient (Wildman–Crippen LogP) is 3.35. The van der Waals surface area contributed by atoms with Crippen LogP contribution in [0.1, 0.15) is 37.7 Å². The van der Waals surface area contributed by atoms with E-state index in [1.54, 1.807) is 0 Å². The number of piperidine rings is 1. The molecule has 1 atom stereocenters. The van der Waals surface area contributed by atoms with Crippen molar-refractivity contribution in [3.05, 3.63) is 54.1 Å². The highest BCUT2D eigenvalue weighted by molar-refractivity contribution is 7.87. The Bertz CT molecular complexity index is 981. The molecule has 33 heavy (non-hydrogen) atoms. The molecule has 1 aliphatic carbocycles. The molecule has 4 rings (SSSR count). The number of anilines is 1. The second-order valence-corrected chi connectivity index (χ2v) is 11.2. The average molecular weight is 470 g/mol. The molecule has 0 radical (unpaired) electrons. The first-order valence-corrected chi connectivity index (χ1v) is 13.0. The van der Waals surface area contributed by atoms with E-state index in [0.29, 0.717) is 30.4 Å². The maximum Gasteiger partial charge on any atom is 0.236 e. The Balaban J connectivity index is 1.30. The summed E-state index contributed by atoms with van der Waals surface area (Å²) in [6, 6.07) is 16.5. The fraction of sp³-hybridized carbons (Fsp3) is 0.500. The van der Waals surface area contributed by atoms with E-state index in [4.69, 9.17) is 10.5 Å². The molecule has 2 aromatic rings. The first-order valence-electron chi connectivity index (χ1n) is 11.8. The number of benzene rings is 2. The molecular formula is C26H35N3O3S. The molecule has 2 aliphatic rings. The summed E-state index contributed by atoms with van der Waals surface area (Å²) in [6.07, 6.45) is 5.43. The highest BCUT2D eigenvalue weighted by atomic mass is 32.2. The number of hydrogen-bond donors (Lipinski definition) is 1. The van der Waals surface area contributed by atoms with Gasteiger partial charge in [-0.2, -0.15) is 0 Å². The minimum Gasteiger partial charge on any atom is -0.494 e. The molecule has 0 aromatic heterocycles. The maximum atomic E-state index is 13.4. The van der Waals surface area contributed by atoms with Crippen LogP contribution in [0.15, 0.2) is 53.4 Å². The van der Waals surface area contributed by atoms with Gasteiger partial charge in [-0.15, -0.1) is 0 Å². The van der Waals surface area contributed by atoms with Gasteiger partial charge in [-0.3, -0.25) is 9.00 Å². The number of likely N-dealkylation sites (tertiary alicyclic amines) is 1. The van der Waals surface area contributed by atoms with E-state index in [9.17, 15) is 9.00 Å². The van der Waals surface area contributed by atoms with Crippen LogP contribution in [0.5, 0.6) is 5.75 Å². The van der Waals surface area contributed by atoms with Crippen molar-refractivity contribution in [2.75, 3.05) is 38.7 Å². The lowest BCUT2D eigenvalue weighted by Crippen LogP contribution is -2.55. The zero-order valence-electron chi connectivity index (χ0n) is 19.7. The molecule has 1 aliphatic heterocycles. The minimum absolute atomic E-state index is 0.449. The highest BCUT2D eigenvalue weighted by Crippen LogP contribution is 2.37. The van der Waals surface area contributed by atoms with Gasteiger partial charge in [-0.05, 0) is 80.5 Å². The molecule has 1 saturated carbocycles. The molecule has 1 amide bonds. The summed E-state index contributed by atoms with van der Waals surface area (Å²) >= 11 is 0. The molecule has 178 valence electrons. The molecule has 6 nitrogen and oxygen atoms in total. The van der Waals surface area contributed by atoms with Crippen molar-refractivity contribution in [2.24, 2.45) is 5.73 Å². The molecule has 2 fully saturated rings. The van der Waals surface area contributed by atoms with E-state index in [-0.39, 0.29) is 0 Å². The van der Waals surface area contributed by atoms with Gasteiger partial charge in [0.15, 0.2) is 0 Å². The zero-order chi connectivity index (χ0) is 23.4. The molecule has 1 unspecified atom stereocenters. The van der Waals surface area contributed by atoms with Gasteiger partial charge in [-0.1, -0.05) is 12.1 Å². The van der Waals surface area contributed by atoms with Crippen LogP contribution in [-0.4, -0.2) is 59.6 Å². The number of carbonyl (C=O) groups excluding carboxylic acids is 1. The van der Waals surface area contributed by atoms with Crippen LogP contribution in [0.3, 0.4) is 0 Å². The maximum absolute atomic E-state index is 13.4. The van der Waals surface area contributed by atoms with Gasteiger partial charge in [0.2, 0.25) is 5.91 Å². The molecule has 0 spiro atoms. The van der Waals surface area contributed by atoms with Crippen molar-refractivity contribution < 1.29 is 13.7 Å². The molecule has 7 heteroatoms. The van der Waals surface area contributed by atoms with Gasteiger partial charge >= 0.3 is 0 Å². The molecule has 0 bridgehead atoms. The fourth-order valence-corrected chi connectivity index (χ4v) is 6.13. The molecular weight excluding hydrogens is 434 g/mol. The van der Waals surface area contributed by atoms with Crippen molar-refractivity contribution in [3.8, 4) is 5.75 Å². The van der Waals surface area contributed by atoms with Gasteiger partial charge in [0.05, 0.1) is 17.4 Å². The second-order valence-electron chi connectivity index (χ2n) is 9.38. The SMILES string of the molecule is CN(C)c1cccc(CCCOc2ccc(S(=O)C3(C(N)=O)CCN(C4CC4)CC3)cc2)c1. The Labute approximate surface area is 199 Å². The first-order chi connectivity index (χ1) is 15.9. The lowest BCUT2D eigenvalue weighted by atomic mass is 9.95. The van der Waals surface area contributed by atoms with E-state index in [2.05, 4.69) is 34.1 Å². The summed E-state index contributed by atoms with van der Waals surface area (Å²) < 4.78 is 18.3. The van der Waals surface area contributed by atoms with E-state index in [1.807, 2.05) is 38.4 Å². The third-order valence-corrected chi connectivity index (χ3v) is 8.84. The number of hydrogen-bond acceptors (Lipinski definition) is 5. The summed E-state index contributed by atoms with van der Waals surface area (Å²) in [5.74, 6) is 0.296. The Morgan fingerprint density at radius 3 is 2.45 bits per heavy atom. The fourth-order valence-electron chi connectivity index (χ4n) is 4.55. The number of amides is 1. The van der Waals surface area contributed by atoms with Crippen LogP contribution in [0.2, 0.25) is 0 Å². The van der Waals surface area contributed by atoms with Crippen LogP contribution < -0.4 is 15.4 Å². The lowest BCUT2D eigenvalue weighted by molar-refractivity contribution is -0.121. The largest absolute Gasteiger partial charge is 0.494 e. The minimum atomic E-state index is -1.47. The number of rotatable bonds is 10. The van der Waals surface area contributed by atoms with Gasteiger partial charge in [0, 0.05) is 43.8 Å². The highest BCUT2D eigenvalue weighted by Gasteiger charge is 2.47. The third kappa shape index (κ3) is 5.58. The summed E-state index contributed by atoms with van der Waals surface area (Å²) in [5, 5.41) is 0. The van der Waals surface area contributed by atoms with Crippen LogP contribution in [-0.2, 0) is 22.0 Å². The predicted molar refractivity (Wildman–Crippen MR) is 133 cm³/mol. The van der Waals surface area contributed by atoms with Crippen LogP contribution in [0.25, 0.3) is 0 Å².